The molecule has 0 aromatic carbocycles. The molecule has 21 heavy (non-hydrogen) atoms. The lowest BCUT2D eigenvalue weighted by Crippen LogP contribution is -2.44. The Kier molecular flexibility index (Phi) is 8.19. The molecule has 5 nitrogen and oxygen atoms in total. The van der Waals surface area contributed by atoms with Gasteiger partial charge >= 0.3 is 12.1 Å². The van der Waals surface area contributed by atoms with Crippen molar-refractivity contribution in [2.24, 2.45) is 5.73 Å². The van der Waals surface area contributed by atoms with Gasteiger partial charge in [-0.15, -0.1) is 0 Å². The van der Waals surface area contributed by atoms with Gasteiger partial charge in [-0.25, -0.2) is 4.79 Å². The molecule has 1 saturated carbocycles. The second-order valence-electron chi connectivity index (χ2n) is 4.87. The minimum absolute atomic E-state index is 0.117. The molecule has 0 radical (unpaired) electrons. The quantitative estimate of drug-likeness (QED) is 0.612. The molecule has 1 aliphatic rings. The lowest BCUT2D eigenvalue weighted by molar-refractivity contribution is -0.192. The number of carbonyl (C=O) groups excluding carboxylic acids is 1. The van der Waals surface area contributed by atoms with E-state index in [2.05, 4.69) is 0 Å². The van der Waals surface area contributed by atoms with E-state index in [0.29, 0.717) is 6.10 Å². The van der Waals surface area contributed by atoms with Crippen molar-refractivity contribution in [3.8, 4) is 0 Å². The number of alkyl halides is 3. The van der Waals surface area contributed by atoms with Crippen LogP contribution in [0.2, 0.25) is 0 Å². The normalized spacial score (nSPS) is 26.0. The van der Waals surface area contributed by atoms with Crippen molar-refractivity contribution in [1.82, 2.24) is 0 Å². The molecule has 0 aromatic heterocycles. The number of carbonyl (C=O) groups is 2. The highest BCUT2D eigenvalue weighted by molar-refractivity contribution is 5.73. The van der Waals surface area contributed by atoms with Crippen molar-refractivity contribution < 1.29 is 32.6 Å². The number of hydrogen-bond donors (Lipinski definition) is 2. The van der Waals surface area contributed by atoms with Crippen LogP contribution in [0.3, 0.4) is 0 Å². The Morgan fingerprint density at radius 2 is 1.90 bits per heavy atom. The van der Waals surface area contributed by atoms with Crippen LogP contribution in [0.25, 0.3) is 0 Å². The fraction of sp³-hybridized carbons (Fsp3) is 0.692. The number of hydrogen-bond acceptors (Lipinski definition) is 4. The number of allylic oxidation sites excluding steroid dienone is 1. The van der Waals surface area contributed by atoms with Gasteiger partial charge in [-0.05, 0) is 38.2 Å². The molecule has 0 amide bonds. The predicted octanol–water partition coefficient (Wildman–Crippen LogP) is 2.05. The smallest absolute Gasteiger partial charge is 0.475 e. The molecule has 1 aliphatic carbocycles. The summed E-state index contributed by atoms with van der Waals surface area (Å²) in [7, 11) is 1.75. The highest BCUT2D eigenvalue weighted by Crippen LogP contribution is 2.30. The summed E-state index contributed by atoms with van der Waals surface area (Å²) in [5.41, 5.74) is 6.08. The third-order valence-electron chi connectivity index (χ3n) is 3.24. The number of nitrogens with two attached hydrogens (primary N) is 1. The number of ether oxygens (including phenoxy) is 1. The molecule has 0 bridgehead atoms. The summed E-state index contributed by atoms with van der Waals surface area (Å²) in [6.07, 6.45) is 4.29. The van der Waals surface area contributed by atoms with E-state index in [1.54, 1.807) is 7.11 Å². The van der Waals surface area contributed by atoms with E-state index >= 15 is 0 Å². The highest BCUT2D eigenvalue weighted by atomic mass is 19.4. The van der Waals surface area contributed by atoms with Crippen LogP contribution >= 0.6 is 0 Å². The van der Waals surface area contributed by atoms with Gasteiger partial charge in [-0.2, -0.15) is 13.2 Å². The summed E-state index contributed by atoms with van der Waals surface area (Å²) in [6.45, 7) is 0. The zero-order valence-electron chi connectivity index (χ0n) is 11.7. The van der Waals surface area contributed by atoms with Crippen LogP contribution in [0.4, 0.5) is 13.2 Å². The van der Waals surface area contributed by atoms with Gasteiger partial charge in [-0.3, -0.25) is 4.79 Å². The molecule has 0 saturated heterocycles. The number of methoxy groups -OCH3 is 1. The van der Waals surface area contributed by atoms with Gasteiger partial charge in [0, 0.05) is 12.6 Å². The molecule has 0 atom stereocenters. The third kappa shape index (κ3) is 8.46. The molecular weight excluding hydrogens is 291 g/mol. The monoisotopic (exact) mass is 311 g/mol. The molecule has 8 heteroatoms. The zero-order chi connectivity index (χ0) is 16.5. The molecule has 1 rings (SSSR count). The summed E-state index contributed by atoms with van der Waals surface area (Å²) in [5, 5.41) is 7.12. The molecule has 122 valence electrons. The molecule has 0 heterocycles. The van der Waals surface area contributed by atoms with Crippen LogP contribution in [0.5, 0.6) is 0 Å². The van der Waals surface area contributed by atoms with Gasteiger partial charge in [0.15, 0.2) is 0 Å². The van der Waals surface area contributed by atoms with Gasteiger partial charge in [0.1, 0.15) is 6.29 Å². The second-order valence-corrected chi connectivity index (χ2v) is 4.87. The summed E-state index contributed by atoms with van der Waals surface area (Å²) in [5.74, 6) is -2.76. The first kappa shape index (κ1) is 19.6. The van der Waals surface area contributed by atoms with E-state index in [9.17, 15) is 18.0 Å². The Morgan fingerprint density at radius 3 is 2.24 bits per heavy atom. The lowest BCUT2D eigenvalue weighted by Gasteiger charge is -2.35. The Bertz CT molecular complexity index is 361. The lowest BCUT2D eigenvalue weighted by atomic mass is 9.79. The van der Waals surface area contributed by atoms with Crippen molar-refractivity contribution in [2.45, 2.75) is 49.9 Å². The van der Waals surface area contributed by atoms with Crippen LogP contribution < -0.4 is 5.73 Å². The molecule has 1 fully saturated rings. The highest BCUT2D eigenvalue weighted by Gasteiger charge is 2.38. The van der Waals surface area contributed by atoms with E-state index in [1.807, 2.05) is 6.08 Å². The standard InChI is InChI=1S/C11H19NO2.C2HF3O2/c1-14-10-4-7-11(12,8-5-10)6-2-3-9-13;3-2(4,5)1(6)7/h2-3,9-10H,4-8,12H2,1H3;(H,6,7). The Balaban J connectivity index is 0.000000486. The summed E-state index contributed by atoms with van der Waals surface area (Å²) < 4.78 is 37.0. The maximum absolute atomic E-state index is 10.6. The Morgan fingerprint density at radius 1 is 1.43 bits per heavy atom. The van der Waals surface area contributed by atoms with E-state index in [4.69, 9.17) is 20.4 Å². The number of halogens is 3. The number of carboxylic acid groups (broad SMARTS) is 1. The first-order chi connectivity index (χ1) is 9.64. The first-order valence-electron chi connectivity index (χ1n) is 6.37. The molecule has 0 aliphatic heterocycles. The number of aldehydes is 1. The van der Waals surface area contributed by atoms with E-state index < -0.39 is 12.1 Å². The van der Waals surface area contributed by atoms with Crippen LogP contribution in [0, 0.1) is 0 Å². The minimum atomic E-state index is -5.08. The Labute approximate surface area is 120 Å². The minimum Gasteiger partial charge on any atom is -0.475 e. The number of carboxylic acids is 1. The Hall–Kier alpha value is -1.41. The van der Waals surface area contributed by atoms with Crippen molar-refractivity contribution >= 4 is 12.3 Å². The molecular formula is C13H20F3NO4. The summed E-state index contributed by atoms with van der Waals surface area (Å²) in [6, 6.07) is 0. The molecule has 3 N–H and O–H groups in total. The van der Waals surface area contributed by atoms with Gasteiger partial charge in [0.05, 0.1) is 6.10 Å². The average Bonchev–Trinajstić information content (AvgIpc) is 2.39. The number of aliphatic carboxylic acids is 1. The van der Waals surface area contributed by atoms with Gasteiger partial charge in [-0.1, -0.05) is 6.08 Å². The second kappa shape index (κ2) is 8.78. The fourth-order valence-electron chi connectivity index (χ4n) is 1.96. The van der Waals surface area contributed by atoms with E-state index in [1.165, 1.54) is 6.08 Å². The van der Waals surface area contributed by atoms with Crippen LogP contribution in [-0.2, 0) is 14.3 Å². The largest absolute Gasteiger partial charge is 0.490 e. The van der Waals surface area contributed by atoms with E-state index in [-0.39, 0.29) is 5.54 Å². The molecule has 0 spiro atoms. The van der Waals surface area contributed by atoms with Crippen LogP contribution in [0.1, 0.15) is 32.1 Å². The van der Waals surface area contributed by atoms with Gasteiger partial charge in [0.2, 0.25) is 0 Å². The first-order valence-corrected chi connectivity index (χ1v) is 6.37. The molecule has 0 unspecified atom stereocenters. The van der Waals surface area contributed by atoms with Crippen molar-refractivity contribution in [3.63, 3.8) is 0 Å². The summed E-state index contributed by atoms with van der Waals surface area (Å²) >= 11 is 0. The van der Waals surface area contributed by atoms with Crippen molar-refractivity contribution in [2.75, 3.05) is 7.11 Å². The average molecular weight is 311 g/mol. The van der Waals surface area contributed by atoms with Crippen LogP contribution in [0.15, 0.2) is 12.2 Å². The van der Waals surface area contributed by atoms with Gasteiger partial charge < -0.3 is 15.6 Å². The van der Waals surface area contributed by atoms with Crippen molar-refractivity contribution in [1.29, 1.82) is 0 Å². The maximum atomic E-state index is 10.6. The predicted molar refractivity (Wildman–Crippen MR) is 69.7 cm³/mol. The van der Waals surface area contributed by atoms with Crippen LogP contribution in [-0.4, -0.2) is 42.3 Å². The molecule has 0 aromatic rings. The maximum Gasteiger partial charge on any atom is 0.490 e. The van der Waals surface area contributed by atoms with Gasteiger partial charge in [0.25, 0.3) is 0 Å². The van der Waals surface area contributed by atoms with Crippen molar-refractivity contribution in [3.05, 3.63) is 12.2 Å². The number of rotatable bonds is 4. The summed E-state index contributed by atoms with van der Waals surface area (Å²) in [4.78, 5) is 19.0. The fourth-order valence-corrected chi connectivity index (χ4v) is 1.96. The zero-order valence-corrected chi connectivity index (χ0v) is 11.7. The SMILES string of the molecule is COC1CCC(N)(CC=CC=O)CC1.O=C(O)C(F)(F)F. The topological polar surface area (TPSA) is 89.6 Å². The third-order valence-corrected chi connectivity index (χ3v) is 3.24. The van der Waals surface area contributed by atoms with E-state index in [0.717, 1.165) is 38.4 Å².